The third kappa shape index (κ3) is 3.51. The van der Waals surface area contributed by atoms with Crippen LogP contribution in [0.15, 0.2) is 48.5 Å². The van der Waals surface area contributed by atoms with Crippen LogP contribution in [0.1, 0.15) is 15.9 Å². The number of para-hydroxylation sites is 1. The maximum atomic E-state index is 12.7. The van der Waals surface area contributed by atoms with Gasteiger partial charge in [-0.05, 0) is 30.3 Å². The van der Waals surface area contributed by atoms with Crippen molar-refractivity contribution in [1.82, 2.24) is 0 Å². The summed E-state index contributed by atoms with van der Waals surface area (Å²) in [6.45, 7) is 0. The summed E-state index contributed by atoms with van der Waals surface area (Å²) in [5, 5.41) is 2.51. The number of carbonyl (C=O) groups is 1. The van der Waals surface area contributed by atoms with Crippen LogP contribution in [0.5, 0.6) is 0 Å². The average Bonchev–Trinajstić information content (AvgIpc) is 2.46. The second-order valence-corrected chi connectivity index (χ2v) is 4.22. The topological polar surface area (TPSA) is 67.1 Å². The molecule has 0 aliphatic carbocycles. The molecule has 2 rings (SSSR count). The molecule has 0 heterocycles. The van der Waals surface area contributed by atoms with E-state index in [0.29, 0.717) is 5.69 Å². The Morgan fingerprint density at radius 3 is 2.29 bits per heavy atom. The Labute approximate surface area is 118 Å². The quantitative estimate of drug-likeness (QED) is 0.601. The predicted octanol–water partition coefficient (Wildman–Crippen LogP) is 3.24. The fourth-order valence-electron chi connectivity index (χ4n) is 1.75. The molecule has 0 fully saturated rings. The van der Waals surface area contributed by atoms with Gasteiger partial charge in [-0.25, -0.2) is 0 Å². The van der Waals surface area contributed by atoms with Gasteiger partial charge in [-0.15, -0.1) is 0 Å². The molecule has 110 valence electrons. The highest BCUT2D eigenvalue weighted by atomic mass is 19.4. The number of nitrogen functional groups attached to an aromatic ring is 1. The molecule has 4 N–H and O–H groups in total. The van der Waals surface area contributed by atoms with Crippen LogP contribution in [0.3, 0.4) is 0 Å². The molecule has 0 bridgehead atoms. The Balaban J connectivity index is 2.34. The SMILES string of the molecule is NNc1ccc(C(F)(F)F)cc1C(=O)Nc1ccccc1. The zero-order valence-corrected chi connectivity index (χ0v) is 10.7. The van der Waals surface area contributed by atoms with Gasteiger partial charge in [0.05, 0.1) is 16.8 Å². The minimum Gasteiger partial charge on any atom is -0.323 e. The Hall–Kier alpha value is -2.54. The van der Waals surface area contributed by atoms with E-state index in [4.69, 9.17) is 5.84 Å². The Kier molecular flexibility index (Phi) is 4.13. The summed E-state index contributed by atoms with van der Waals surface area (Å²) in [4.78, 5) is 12.1. The normalized spacial score (nSPS) is 11.0. The van der Waals surface area contributed by atoms with E-state index in [2.05, 4.69) is 10.7 Å². The Bertz CT molecular complexity index is 642. The third-order valence-corrected chi connectivity index (χ3v) is 2.78. The lowest BCUT2D eigenvalue weighted by atomic mass is 10.1. The summed E-state index contributed by atoms with van der Waals surface area (Å²) in [7, 11) is 0. The van der Waals surface area contributed by atoms with Crippen LogP contribution in [0.4, 0.5) is 24.5 Å². The molecule has 1 amide bonds. The monoisotopic (exact) mass is 295 g/mol. The molecule has 0 unspecified atom stereocenters. The van der Waals surface area contributed by atoms with Gasteiger partial charge in [-0.1, -0.05) is 18.2 Å². The van der Waals surface area contributed by atoms with E-state index in [1.54, 1.807) is 30.3 Å². The molecule has 21 heavy (non-hydrogen) atoms. The van der Waals surface area contributed by atoms with Crippen molar-refractivity contribution in [2.24, 2.45) is 5.84 Å². The van der Waals surface area contributed by atoms with Gasteiger partial charge in [0.1, 0.15) is 0 Å². The highest BCUT2D eigenvalue weighted by Crippen LogP contribution is 2.31. The van der Waals surface area contributed by atoms with E-state index < -0.39 is 17.6 Å². The lowest BCUT2D eigenvalue weighted by Gasteiger charge is -2.13. The molecule has 0 radical (unpaired) electrons. The fourth-order valence-corrected chi connectivity index (χ4v) is 1.75. The molecule has 0 aromatic heterocycles. The van der Waals surface area contributed by atoms with E-state index in [9.17, 15) is 18.0 Å². The summed E-state index contributed by atoms with van der Waals surface area (Å²) < 4.78 is 38.1. The summed E-state index contributed by atoms with van der Waals surface area (Å²) in [5.74, 6) is 4.55. The number of amides is 1. The molecule has 0 saturated heterocycles. The van der Waals surface area contributed by atoms with Crippen LogP contribution in [0.25, 0.3) is 0 Å². The minimum atomic E-state index is -4.53. The molecular formula is C14H12F3N3O. The first kappa shape index (κ1) is 14.9. The average molecular weight is 295 g/mol. The number of alkyl halides is 3. The number of hydrazine groups is 1. The van der Waals surface area contributed by atoms with Gasteiger partial charge in [0.25, 0.3) is 5.91 Å². The first-order valence-electron chi connectivity index (χ1n) is 5.96. The largest absolute Gasteiger partial charge is 0.416 e. The summed E-state index contributed by atoms with van der Waals surface area (Å²) in [5.41, 5.74) is 1.69. The van der Waals surface area contributed by atoms with Gasteiger partial charge in [0.15, 0.2) is 0 Å². The van der Waals surface area contributed by atoms with E-state index in [-0.39, 0.29) is 11.3 Å². The maximum Gasteiger partial charge on any atom is 0.416 e. The number of hydrogen-bond donors (Lipinski definition) is 3. The molecule has 0 saturated carbocycles. The number of hydrogen-bond acceptors (Lipinski definition) is 3. The third-order valence-electron chi connectivity index (χ3n) is 2.78. The molecular weight excluding hydrogens is 283 g/mol. The van der Waals surface area contributed by atoms with Gasteiger partial charge < -0.3 is 10.7 Å². The fraction of sp³-hybridized carbons (Fsp3) is 0.0714. The number of benzene rings is 2. The predicted molar refractivity (Wildman–Crippen MR) is 73.6 cm³/mol. The Morgan fingerprint density at radius 1 is 1.05 bits per heavy atom. The van der Waals surface area contributed by atoms with Crippen molar-refractivity contribution < 1.29 is 18.0 Å². The van der Waals surface area contributed by atoms with Gasteiger partial charge in [0.2, 0.25) is 0 Å². The van der Waals surface area contributed by atoms with Crippen molar-refractivity contribution >= 4 is 17.3 Å². The maximum absolute atomic E-state index is 12.7. The molecule has 0 aliphatic rings. The van der Waals surface area contributed by atoms with Crippen LogP contribution < -0.4 is 16.6 Å². The van der Waals surface area contributed by atoms with Crippen molar-refractivity contribution in [2.75, 3.05) is 10.7 Å². The number of anilines is 2. The molecule has 7 heteroatoms. The molecule has 2 aromatic carbocycles. The first-order chi connectivity index (χ1) is 9.91. The number of nitrogens with one attached hydrogen (secondary N) is 2. The van der Waals surface area contributed by atoms with Crippen molar-refractivity contribution in [3.63, 3.8) is 0 Å². The molecule has 0 spiro atoms. The number of carbonyl (C=O) groups excluding carboxylic acids is 1. The zero-order chi connectivity index (χ0) is 15.5. The number of rotatable bonds is 3. The second-order valence-electron chi connectivity index (χ2n) is 4.22. The highest BCUT2D eigenvalue weighted by molar-refractivity contribution is 6.08. The highest BCUT2D eigenvalue weighted by Gasteiger charge is 2.31. The van der Waals surface area contributed by atoms with Crippen molar-refractivity contribution in [3.05, 3.63) is 59.7 Å². The van der Waals surface area contributed by atoms with E-state index in [1.807, 2.05) is 0 Å². The summed E-state index contributed by atoms with van der Waals surface area (Å²) in [6.07, 6.45) is -4.53. The van der Waals surface area contributed by atoms with Crippen molar-refractivity contribution in [3.8, 4) is 0 Å². The van der Waals surface area contributed by atoms with E-state index >= 15 is 0 Å². The lowest BCUT2D eigenvalue weighted by molar-refractivity contribution is -0.137. The summed E-state index contributed by atoms with van der Waals surface area (Å²) >= 11 is 0. The summed E-state index contributed by atoms with van der Waals surface area (Å²) in [6, 6.07) is 11.1. The lowest BCUT2D eigenvalue weighted by Crippen LogP contribution is -2.18. The molecule has 0 aliphatic heterocycles. The van der Waals surface area contributed by atoms with Gasteiger partial charge in [-0.2, -0.15) is 13.2 Å². The smallest absolute Gasteiger partial charge is 0.323 e. The second kappa shape index (κ2) is 5.84. The molecule has 0 atom stereocenters. The van der Waals surface area contributed by atoms with Crippen molar-refractivity contribution in [1.29, 1.82) is 0 Å². The first-order valence-corrected chi connectivity index (χ1v) is 5.96. The van der Waals surface area contributed by atoms with Crippen LogP contribution in [-0.2, 0) is 6.18 Å². The minimum absolute atomic E-state index is 0.108. The van der Waals surface area contributed by atoms with Crippen LogP contribution in [0, 0.1) is 0 Å². The van der Waals surface area contributed by atoms with Crippen LogP contribution in [0.2, 0.25) is 0 Å². The van der Waals surface area contributed by atoms with Crippen LogP contribution in [-0.4, -0.2) is 5.91 Å². The zero-order valence-electron chi connectivity index (χ0n) is 10.7. The van der Waals surface area contributed by atoms with Crippen LogP contribution >= 0.6 is 0 Å². The van der Waals surface area contributed by atoms with Gasteiger partial charge in [-0.3, -0.25) is 10.6 Å². The van der Waals surface area contributed by atoms with Gasteiger partial charge >= 0.3 is 6.18 Å². The van der Waals surface area contributed by atoms with E-state index in [0.717, 1.165) is 18.2 Å². The van der Waals surface area contributed by atoms with Crippen molar-refractivity contribution in [2.45, 2.75) is 6.18 Å². The molecule has 4 nitrogen and oxygen atoms in total. The molecule has 2 aromatic rings. The number of nitrogens with two attached hydrogens (primary N) is 1. The van der Waals surface area contributed by atoms with E-state index in [1.165, 1.54) is 0 Å². The number of halogens is 3. The van der Waals surface area contributed by atoms with Gasteiger partial charge in [0, 0.05) is 5.69 Å². The Morgan fingerprint density at radius 2 is 1.71 bits per heavy atom. The standard InChI is InChI=1S/C14H12F3N3O/c15-14(16,17)9-6-7-12(20-18)11(8-9)13(21)19-10-4-2-1-3-5-10/h1-8,20H,18H2,(H,19,21).